The fraction of sp³-hybridized carbons (Fsp3) is 0.625. The normalized spacial score (nSPS) is 24.4. The maximum atomic E-state index is 5.20. The summed E-state index contributed by atoms with van der Waals surface area (Å²) in [7, 11) is 1.72. The summed E-state index contributed by atoms with van der Waals surface area (Å²) in [5.41, 5.74) is 1.41. The Labute approximate surface area is 116 Å². The lowest BCUT2D eigenvalue weighted by Crippen LogP contribution is -2.50. The van der Waals surface area contributed by atoms with Crippen LogP contribution < -0.4 is 4.74 Å². The Bertz CT molecular complexity index is 404. The molecule has 3 nitrogen and oxygen atoms in total. The molecule has 0 bridgehead atoms. The molecule has 0 radical (unpaired) electrons. The first kappa shape index (κ1) is 12.9. The van der Waals surface area contributed by atoms with E-state index in [4.69, 9.17) is 4.74 Å². The molecule has 2 aliphatic rings. The molecular formula is C16H24N2O. The van der Waals surface area contributed by atoms with E-state index in [1.165, 1.54) is 51.1 Å². The van der Waals surface area contributed by atoms with E-state index < -0.39 is 0 Å². The monoisotopic (exact) mass is 260 g/mol. The maximum absolute atomic E-state index is 5.20. The Kier molecular flexibility index (Phi) is 4.04. The van der Waals surface area contributed by atoms with Crippen molar-refractivity contribution in [1.29, 1.82) is 0 Å². The van der Waals surface area contributed by atoms with Crippen molar-refractivity contribution < 1.29 is 4.74 Å². The van der Waals surface area contributed by atoms with Crippen LogP contribution in [-0.4, -0.2) is 55.7 Å². The van der Waals surface area contributed by atoms with Crippen LogP contribution in [0.5, 0.6) is 5.75 Å². The van der Waals surface area contributed by atoms with Crippen molar-refractivity contribution in [3.05, 3.63) is 29.8 Å². The summed E-state index contributed by atoms with van der Waals surface area (Å²) in [6.45, 7) is 6.31. The van der Waals surface area contributed by atoms with E-state index >= 15 is 0 Å². The minimum Gasteiger partial charge on any atom is -0.497 e. The van der Waals surface area contributed by atoms with E-state index in [0.717, 1.165) is 18.2 Å². The third-order valence-electron chi connectivity index (χ3n) is 4.55. The number of methoxy groups -OCH3 is 1. The van der Waals surface area contributed by atoms with Crippen molar-refractivity contribution in [2.45, 2.75) is 25.3 Å². The van der Waals surface area contributed by atoms with Crippen LogP contribution in [0, 0.1) is 0 Å². The lowest BCUT2D eigenvalue weighted by atomic mass is 10.1. The number of rotatable bonds is 4. The van der Waals surface area contributed by atoms with E-state index in [1.54, 1.807) is 7.11 Å². The molecule has 0 saturated carbocycles. The third kappa shape index (κ3) is 3.10. The first-order chi connectivity index (χ1) is 9.35. The highest BCUT2D eigenvalue weighted by atomic mass is 16.5. The molecule has 0 spiro atoms. The first-order valence-corrected chi connectivity index (χ1v) is 7.44. The molecule has 1 aromatic rings. The molecule has 3 rings (SSSR count). The molecule has 1 aromatic carbocycles. The molecular weight excluding hydrogens is 236 g/mol. The minimum absolute atomic E-state index is 0.838. The zero-order valence-corrected chi connectivity index (χ0v) is 11.8. The number of ether oxygens (including phenoxy) is 1. The Hall–Kier alpha value is -1.06. The van der Waals surface area contributed by atoms with Crippen LogP contribution in [0.1, 0.15) is 18.4 Å². The molecule has 0 amide bonds. The second-order valence-corrected chi connectivity index (χ2v) is 5.73. The van der Waals surface area contributed by atoms with Crippen molar-refractivity contribution in [2.24, 2.45) is 0 Å². The van der Waals surface area contributed by atoms with Crippen molar-refractivity contribution in [3.8, 4) is 5.75 Å². The highest BCUT2D eigenvalue weighted by molar-refractivity contribution is 5.27. The van der Waals surface area contributed by atoms with Gasteiger partial charge in [0, 0.05) is 32.2 Å². The fourth-order valence-corrected chi connectivity index (χ4v) is 3.34. The van der Waals surface area contributed by atoms with Gasteiger partial charge in [0.1, 0.15) is 5.75 Å². The summed E-state index contributed by atoms with van der Waals surface area (Å²) in [5, 5.41) is 0. The summed E-state index contributed by atoms with van der Waals surface area (Å²) in [5.74, 6) is 0.948. The van der Waals surface area contributed by atoms with E-state index in [0.29, 0.717) is 0 Å². The summed E-state index contributed by atoms with van der Waals surface area (Å²) >= 11 is 0. The van der Waals surface area contributed by atoms with Gasteiger partial charge in [0.15, 0.2) is 0 Å². The molecule has 1 atom stereocenters. The van der Waals surface area contributed by atoms with Crippen molar-refractivity contribution in [2.75, 3.05) is 39.8 Å². The summed E-state index contributed by atoms with van der Waals surface area (Å²) in [6.07, 6.45) is 3.95. The lowest BCUT2D eigenvalue weighted by molar-refractivity contribution is 0.105. The van der Waals surface area contributed by atoms with Crippen LogP contribution in [0.4, 0.5) is 0 Å². The van der Waals surface area contributed by atoms with Gasteiger partial charge in [0.2, 0.25) is 0 Å². The van der Waals surface area contributed by atoms with E-state index in [2.05, 4.69) is 34.1 Å². The van der Waals surface area contributed by atoms with Gasteiger partial charge in [0.05, 0.1) is 7.11 Å². The number of fused-ring (bicyclic) bond motifs is 1. The van der Waals surface area contributed by atoms with Gasteiger partial charge in [-0.2, -0.15) is 0 Å². The molecule has 3 heteroatoms. The molecule has 2 aliphatic heterocycles. The number of benzene rings is 1. The number of piperazine rings is 1. The van der Waals surface area contributed by atoms with E-state index in [9.17, 15) is 0 Å². The molecule has 19 heavy (non-hydrogen) atoms. The van der Waals surface area contributed by atoms with Crippen LogP contribution in [-0.2, 0) is 6.42 Å². The lowest BCUT2D eigenvalue weighted by Gasteiger charge is -2.37. The second kappa shape index (κ2) is 5.93. The van der Waals surface area contributed by atoms with Crippen LogP contribution in [0.3, 0.4) is 0 Å². The number of nitrogens with zero attached hydrogens (tertiary/aromatic N) is 2. The van der Waals surface area contributed by atoms with Gasteiger partial charge in [-0.05, 0) is 43.5 Å². The average molecular weight is 260 g/mol. The molecule has 0 unspecified atom stereocenters. The van der Waals surface area contributed by atoms with Gasteiger partial charge in [-0.3, -0.25) is 4.90 Å². The molecule has 2 fully saturated rings. The van der Waals surface area contributed by atoms with E-state index in [1.807, 2.05) is 0 Å². The predicted octanol–water partition coefficient (Wildman–Crippen LogP) is 2.02. The Morgan fingerprint density at radius 2 is 2.00 bits per heavy atom. The van der Waals surface area contributed by atoms with Crippen LogP contribution in [0.25, 0.3) is 0 Å². The van der Waals surface area contributed by atoms with Crippen molar-refractivity contribution >= 4 is 0 Å². The molecule has 2 heterocycles. The summed E-state index contributed by atoms with van der Waals surface area (Å²) in [6, 6.07) is 9.33. The molecule has 2 saturated heterocycles. The van der Waals surface area contributed by atoms with Crippen LogP contribution >= 0.6 is 0 Å². The van der Waals surface area contributed by atoms with Crippen LogP contribution in [0.15, 0.2) is 24.3 Å². The highest BCUT2D eigenvalue weighted by Gasteiger charge is 2.29. The quantitative estimate of drug-likeness (QED) is 0.824. The first-order valence-electron chi connectivity index (χ1n) is 7.44. The Morgan fingerprint density at radius 1 is 1.16 bits per heavy atom. The van der Waals surface area contributed by atoms with Gasteiger partial charge in [0.25, 0.3) is 0 Å². The molecule has 0 aromatic heterocycles. The van der Waals surface area contributed by atoms with E-state index in [-0.39, 0.29) is 0 Å². The zero-order valence-electron chi connectivity index (χ0n) is 11.8. The fourth-order valence-electron chi connectivity index (χ4n) is 3.34. The van der Waals surface area contributed by atoms with Gasteiger partial charge in [-0.1, -0.05) is 12.1 Å². The highest BCUT2D eigenvalue weighted by Crippen LogP contribution is 2.21. The maximum Gasteiger partial charge on any atom is 0.118 e. The van der Waals surface area contributed by atoms with Crippen molar-refractivity contribution in [3.63, 3.8) is 0 Å². The SMILES string of the molecule is COc1ccc(CCN2CCN3CCC[C@H]3C2)cc1. The predicted molar refractivity (Wildman–Crippen MR) is 77.7 cm³/mol. The van der Waals surface area contributed by atoms with Gasteiger partial charge < -0.3 is 9.64 Å². The Balaban J connectivity index is 1.49. The molecule has 104 valence electrons. The minimum atomic E-state index is 0.838. The standard InChI is InChI=1S/C16H24N2O/c1-19-16-6-4-14(5-7-16)8-10-17-11-12-18-9-2-3-15(18)13-17/h4-7,15H,2-3,8-13H2,1H3/t15-/m0/s1. The number of hydrogen-bond acceptors (Lipinski definition) is 3. The average Bonchev–Trinajstić information content (AvgIpc) is 2.93. The zero-order chi connectivity index (χ0) is 13.1. The molecule has 0 N–H and O–H groups in total. The van der Waals surface area contributed by atoms with Crippen molar-refractivity contribution in [1.82, 2.24) is 9.80 Å². The topological polar surface area (TPSA) is 15.7 Å². The summed E-state index contributed by atoms with van der Waals surface area (Å²) in [4.78, 5) is 5.31. The second-order valence-electron chi connectivity index (χ2n) is 5.73. The number of hydrogen-bond donors (Lipinski definition) is 0. The third-order valence-corrected chi connectivity index (χ3v) is 4.55. The summed E-state index contributed by atoms with van der Waals surface area (Å²) < 4.78 is 5.20. The van der Waals surface area contributed by atoms with Crippen LogP contribution in [0.2, 0.25) is 0 Å². The largest absolute Gasteiger partial charge is 0.497 e. The van der Waals surface area contributed by atoms with Gasteiger partial charge in [-0.15, -0.1) is 0 Å². The van der Waals surface area contributed by atoms with Gasteiger partial charge in [-0.25, -0.2) is 0 Å². The van der Waals surface area contributed by atoms with Gasteiger partial charge >= 0.3 is 0 Å². The smallest absolute Gasteiger partial charge is 0.118 e. The molecule has 0 aliphatic carbocycles. The Morgan fingerprint density at radius 3 is 2.79 bits per heavy atom.